The van der Waals surface area contributed by atoms with Crippen LogP contribution in [-0.4, -0.2) is 48.0 Å². The van der Waals surface area contributed by atoms with E-state index in [4.69, 9.17) is 25.8 Å². The van der Waals surface area contributed by atoms with Gasteiger partial charge >= 0.3 is 0 Å². The summed E-state index contributed by atoms with van der Waals surface area (Å²) < 4.78 is 18.0. The normalized spacial score (nSPS) is 21.5. The molecule has 1 saturated heterocycles. The fourth-order valence-corrected chi connectivity index (χ4v) is 4.91. The number of piperidine rings is 1. The highest BCUT2D eigenvalue weighted by molar-refractivity contribution is 6.32. The molecule has 31 heavy (non-hydrogen) atoms. The van der Waals surface area contributed by atoms with Crippen molar-refractivity contribution in [3.05, 3.63) is 52.0 Å². The van der Waals surface area contributed by atoms with Gasteiger partial charge in [0.2, 0.25) is 6.10 Å². The van der Waals surface area contributed by atoms with Crippen molar-refractivity contribution in [1.29, 1.82) is 0 Å². The smallest absolute Gasteiger partial charge is 0.267 e. The second-order valence-electron chi connectivity index (χ2n) is 8.58. The summed E-state index contributed by atoms with van der Waals surface area (Å²) in [7, 11) is 0. The highest BCUT2D eigenvalue weighted by Crippen LogP contribution is 2.43. The summed E-state index contributed by atoms with van der Waals surface area (Å²) in [5, 5.41) is 0.614. The minimum atomic E-state index is -0.661. The Kier molecular flexibility index (Phi) is 4.85. The molecule has 3 heterocycles. The Morgan fingerprint density at radius 1 is 1.13 bits per heavy atom. The van der Waals surface area contributed by atoms with E-state index >= 15 is 0 Å². The zero-order chi connectivity index (χ0) is 21.8. The third-order valence-electron chi connectivity index (χ3n) is 6.50. The minimum Gasteiger partial charge on any atom is -0.486 e. The van der Waals surface area contributed by atoms with E-state index in [1.54, 1.807) is 11.0 Å². The molecule has 1 fully saturated rings. The molecule has 0 bridgehead atoms. The van der Waals surface area contributed by atoms with Crippen LogP contribution < -0.4 is 14.2 Å². The van der Waals surface area contributed by atoms with Gasteiger partial charge in [0.25, 0.3) is 5.91 Å². The number of carbonyl (C=O) groups is 2. The first-order valence-corrected chi connectivity index (χ1v) is 10.9. The average Bonchev–Trinajstić information content (AvgIpc) is 2.77. The van der Waals surface area contributed by atoms with E-state index in [1.165, 1.54) is 0 Å². The summed E-state index contributed by atoms with van der Waals surface area (Å²) in [6, 6.07) is 9.20. The molecule has 1 amide bonds. The Balaban J connectivity index is 1.29. The summed E-state index contributed by atoms with van der Waals surface area (Å²) in [6.45, 7) is 4.98. The van der Waals surface area contributed by atoms with E-state index < -0.39 is 11.7 Å². The zero-order valence-electron chi connectivity index (χ0n) is 17.6. The Morgan fingerprint density at radius 2 is 1.84 bits per heavy atom. The summed E-state index contributed by atoms with van der Waals surface area (Å²) >= 11 is 6.34. The van der Waals surface area contributed by atoms with Crippen LogP contribution in [-0.2, 0) is 4.79 Å². The van der Waals surface area contributed by atoms with E-state index in [9.17, 15) is 9.59 Å². The van der Waals surface area contributed by atoms with Crippen LogP contribution in [0.2, 0.25) is 5.02 Å². The lowest BCUT2D eigenvalue weighted by molar-refractivity contribution is -0.144. The predicted octanol–water partition coefficient (Wildman–Crippen LogP) is 4.12. The van der Waals surface area contributed by atoms with Crippen molar-refractivity contribution in [1.82, 2.24) is 4.90 Å². The summed E-state index contributed by atoms with van der Waals surface area (Å²) in [5.41, 5.74) is 1.68. The first-order valence-electron chi connectivity index (χ1n) is 10.6. The highest BCUT2D eigenvalue weighted by atomic mass is 35.5. The molecule has 0 N–H and O–H groups in total. The number of benzene rings is 2. The second-order valence-corrected chi connectivity index (χ2v) is 8.96. The van der Waals surface area contributed by atoms with E-state index in [-0.39, 0.29) is 18.3 Å². The van der Waals surface area contributed by atoms with Crippen molar-refractivity contribution in [2.45, 2.75) is 44.8 Å². The monoisotopic (exact) mass is 441 g/mol. The van der Waals surface area contributed by atoms with Gasteiger partial charge in [-0.15, -0.1) is 0 Å². The molecule has 0 saturated carbocycles. The van der Waals surface area contributed by atoms with Crippen LogP contribution in [0, 0.1) is 13.8 Å². The summed E-state index contributed by atoms with van der Waals surface area (Å²) in [5.74, 6) is 1.81. The standard InChI is InChI=1S/C24H24ClNO5/c1-14-11-19-21(15(2)22(14)25)16(27)12-24(31-19)7-9-26(10-8-24)23(28)20-13-29-17-5-3-4-6-18(17)30-20/h3-6,11,20H,7-10,12-13H2,1-2H3. The first-order chi connectivity index (χ1) is 14.9. The lowest BCUT2D eigenvalue weighted by Crippen LogP contribution is -2.55. The number of fused-ring (bicyclic) bond motifs is 2. The lowest BCUT2D eigenvalue weighted by atomic mass is 9.81. The molecular formula is C24H24ClNO5. The molecule has 7 heteroatoms. The number of likely N-dealkylation sites (tertiary alicyclic amines) is 1. The summed E-state index contributed by atoms with van der Waals surface area (Å²) in [6.07, 6.45) is 0.827. The third kappa shape index (κ3) is 3.43. The van der Waals surface area contributed by atoms with Crippen molar-refractivity contribution in [2.75, 3.05) is 19.7 Å². The second kappa shape index (κ2) is 7.45. The molecule has 6 nitrogen and oxygen atoms in total. The van der Waals surface area contributed by atoms with E-state index in [1.807, 2.05) is 38.1 Å². The molecule has 1 spiro atoms. The number of aryl methyl sites for hydroxylation is 1. The van der Waals surface area contributed by atoms with Crippen LogP contribution in [0.5, 0.6) is 17.2 Å². The summed E-state index contributed by atoms with van der Waals surface area (Å²) in [4.78, 5) is 27.8. The Labute approximate surface area is 186 Å². The van der Waals surface area contributed by atoms with Gasteiger partial charge in [0.1, 0.15) is 18.0 Å². The molecule has 0 radical (unpaired) electrons. The fraction of sp³-hybridized carbons (Fsp3) is 0.417. The van der Waals surface area contributed by atoms with Crippen LogP contribution >= 0.6 is 11.6 Å². The number of ketones is 1. The van der Waals surface area contributed by atoms with Gasteiger partial charge in [-0.05, 0) is 43.2 Å². The zero-order valence-corrected chi connectivity index (χ0v) is 18.3. The van der Waals surface area contributed by atoms with Gasteiger partial charge in [-0.2, -0.15) is 0 Å². The maximum Gasteiger partial charge on any atom is 0.267 e. The minimum absolute atomic E-state index is 0.0565. The third-order valence-corrected chi connectivity index (χ3v) is 7.08. The van der Waals surface area contributed by atoms with Gasteiger partial charge < -0.3 is 19.1 Å². The number of carbonyl (C=O) groups excluding carboxylic acids is 2. The van der Waals surface area contributed by atoms with Gasteiger partial charge in [0.15, 0.2) is 17.3 Å². The maximum atomic E-state index is 13.0. The van der Waals surface area contributed by atoms with Crippen LogP contribution in [0.15, 0.2) is 30.3 Å². The number of hydrogen-bond acceptors (Lipinski definition) is 5. The van der Waals surface area contributed by atoms with Gasteiger partial charge in [-0.25, -0.2) is 0 Å². The predicted molar refractivity (Wildman–Crippen MR) is 115 cm³/mol. The van der Waals surface area contributed by atoms with Gasteiger partial charge in [0, 0.05) is 31.0 Å². The van der Waals surface area contributed by atoms with Crippen LogP contribution in [0.3, 0.4) is 0 Å². The number of Topliss-reactive ketones (excluding diaryl/α,β-unsaturated/α-hetero) is 1. The number of rotatable bonds is 1. The Morgan fingerprint density at radius 3 is 2.58 bits per heavy atom. The number of amides is 1. The number of ether oxygens (including phenoxy) is 3. The van der Waals surface area contributed by atoms with Crippen molar-refractivity contribution in [2.24, 2.45) is 0 Å². The average molecular weight is 442 g/mol. The van der Waals surface area contributed by atoms with Crippen LogP contribution in [0.1, 0.15) is 40.7 Å². The topological polar surface area (TPSA) is 65.1 Å². The van der Waals surface area contributed by atoms with Crippen molar-refractivity contribution in [3.63, 3.8) is 0 Å². The Bertz CT molecular complexity index is 1070. The van der Waals surface area contributed by atoms with E-state index in [0.29, 0.717) is 60.2 Å². The molecule has 1 atom stereocenters. The van der Waals surface area contributed by atoms with Gasteiger partial charge in [-0.1, -0.05) is 23.7 Å². The fourth-order valence-electron chi connectivity index (χ4n) is 4.76. The molecular weight excluding hydrogens is 418 g/mol. The van der Waals surface area contributed by atoms with Crippen molar-refractivity contribution in [3.8, 4) is 17.2 Å². The SMILES string of the molecule is Cc1cc2c(c(C)c1Cl)C(=O)CC1(CCN(C(=O)C3COc4ccccc4O3)CC1)O2. The lowest BCUT2D eigenvalue weighted by Gasteiger charge is -2.45. The molecule has 0 aromatic heterocycles. The molecule has 3 aliphatic heterocycles. The van der Waals surface area contributed by atoms with E-state index in [0.717, 1.165) is 11.1 Å². The molecule has 162 valence electrons. The number of nitrogens with zero attached hydrogens (tertiary/aromatic N) is 1. The number of hydrogen-bond donors (Lipinski definition) is 0. The molecule has 3 aliphatic rings. The van der Waals surface area contributed by atoms with Crippen LogP contribution in [0.4, 0.5) is 0 Å². The number of halogens is 1. The highest BCUT2D eigenvalue weighted by Gasteiger charge is 2.45. The Hall–Kier alpha value is -2.73. The van der Waals surface area contributed by atoms with Crippen molar-refractivity contribution < 1.29 is 23.8 Å². The maximum absolute atomic E-state index is 13.0. The van der Waals surface area contributed by atoms with Gasteiger partial charge in [0.05, 0.1) is 12.0 Å². The quantitative estimate of drug-likeness (QED) is 0.666. The van der Waals surface area contributed by atoms with E-state index in [2.05, 4.69) is 0 Å². The number of para-hydroxylation sites is 2. The first kappa shape index (κ1) is 20.2. The van der Waals surface area contributed by atoms with Crippen molar-refractivity contribution >= 4 is 23.3 Å². The molecule has 0 aliphatic carbocycles. The molecule has 2 aromatic rings. The molecule has 2 aromatic carbocycles. The van der Waals surface area contributed by atoms with Gasteiger partial charge in [-0.3, -0.25) is 9.59 Å². The largest absolute Gasteiger partial charge is 0.486 e. The molecule has 5 rings (SSSR count). The van der Waals surface area contributed by atoms with Crippen LogP contribution in [0.25, 0.3) is 0 Å². The molecule has 1 unspecified atom stereocenters.